The van der Waals surface area contributed by atoms with Crippen LogP contribution in [0.1, 0.15) is 31.4 Å². The zero-order valence-electron chi connectivity index (χ0n) is 13.7. The summed E-state index contributed by atoms with van der Waals surface area (Å²) in [6.45, 7) is 4.20. The van der Waals surface area contributed by atoms with Gasteiger partial charge in [0.2, 0.25) is 0 Å². The second-order valence-electron chi connectivity index (χ2n) is 5.85. The van der Waals surface area contributed by atoms with Crippen molar-refractivity contribution in [2.45, 2.75) is 29.6 Å². The van der Waals surface area contributed by atoms with Crippen LogP contribution < -0.4 is 0 Å². The van der Waals surface area contributed by atoms with Gasteiger partial charge in [-0.1, -0.05) is 53.8 Å². The topological polar surface area (TPSA) is 66.8 Å². The minimum absolute atomic E-state index is 0.197. The van der Waals surface area contributed by atoms with Crippen molar-refractivity contribution in [2.24, 2.45) is 0 Å². The lowest BCUT2D eigenvalue weighted by atomic mass is 9.73. The molecule has 4 nitrogen and oxygen atoms in total. The molecule has 0 amide bonds. The van der Waals surface area contributed by atoms with Gasteiger partial charge in [0.15, 0.2) is 0 Å². The molecule has 1 atom stereocenters. The van der Waals surface area contributed by atoms with E-state index in [0.29, 0.717) is 13.0 Å². The Labute approximate surface area is 155 Å². The summed E-state index contributed by atoms with van der Waals surface area (Å²) in [7, 11) is 0. The highest BCUT2D eigenvalue weighted by molar-refractivity contribution is 14.1. The molecule has 0 aromatic heterocycles. The van der Waals surface area contributed by atoms with Crippen LogP contribution in [-0.2, 0) is 14.9 Å². The lowest BCUT2D eigenvalue weighted by molar-refractivity contribution is -0.142. The van der Waals surface area contributed by atoms with Gasteiger partial charge in [0.1, 0.15) is 15.4 Å². The lowest BCUT2D eigenvalue weighted by Crippen LogP contribution is -2.31. The maximum Gasteiger partial charge on any atom is 0.318 e. The predicted molar refractivity (Wildman–Crippen MR) is 102 cm³/mol. The normalized spacial score (nSPS) is 12.6. The van der Waals surface area contributed by atoms with Crippen molar-refractivity contribution in [3.05, 3.63) is 59.7 Å². The Balaban J connectivity index is 2.42. The smallest absolute Gasteiger partial charge is 0.318 e. The zero-order valence-corrected chi connectivity index (χ0v) is 15.9. The van der Waals surface area contributed by atoms with Gasteiger partial charge >= 0.3 is 5.97 Å². The van der Waals surface area contributed by atoms with Crippen molar-refractivity contribution >= 4 is 28.6 Å². The Bertz CT molecular complexity index is 634. The van der Waals surface area contributed by atoms with Gasteiger partial charge in [0.25, 0.3) is 0 Å². The molecular weight excluding hydrogens is 419 g/mol. The van der Waals surface area contributed by atoms with Gasteiger partial charge in [-0.05, 0) is 48.7 Å². The first-order valence-corrected chi connectivity index (χ1v) is 9.01. The molecule has 0 saturated carbocycles. The predicted octanol–water partition coefficient (Wildman–Crippen LogP) is 4.16. The minimum atomic E-state index is -0.458. The second kappa shape index (κ2) is 7.88. The molecule has 24 heavy (non-hydrogen) atoms. The largest absolute Gasteiger partial charge is 0.508 e. The van der Waals surface area contributed by atoms with E-state index in [9.17, 15) is 15.0 Å². The van der Waals surface area contributed by atoms with Crippen LogP contribution in [0.4, 0.5) is 0 Å². The molecule has 0 radical (unpaired) electrons. The summed E-state index contributed by atoms with van der Waals surface area (Å²) >= 11 is 2.11. The lowest BCUT2D eigenvalue weighted by Gasteiger charge is -2.32. The van der Waals surface area contributed by atoms with Gasteiger partial charge in [-0.25, -0.2) is 0 Å². The number of ether oxygens (including phenoxy) is 1. The number of hydrogen-bond donors (Lipinski definition) is 2. The van der Waals surface area contributed by atoms with Crippen LogP contribution in [0.3, 0.4) is 0 Å². The fourth-order valence-electron chi connectivity index (χ4n) is 2.74. The van der Waals surface area contributed by atoms with E-state index in [1.54, 1.807) is 31.2 Å². The monoisotopic (exact) mass is 440 g/mol. The first-order chi connectivity index (χ1) is 11.4. The van der Waals surface area contributed by atoms with E-state index in [0.717, 1.165) is 11.1 Å². The molecule has 0 aliphatic carbocycles. The van der Waals surface area contributed by atoms with E-state index in [1.165, 1.54) is 0 Å². The zero-order chi connectivity index (χ0) is 17.7. The average Bonchev–Trinajstić information content (AvgIpc) is 2.56. The van der Waals surface area contributed by atoms with Crippen molar-refractivity contribution in [1.29, 1.82) is 0 Å². The minimum Gasteiger partial charge on any atom is -0.508 e. The van der Waals surface area contributed by atoms with Crippen LogP contribution in [0.2, 0.25) is 0 Å². The van der Waals surface area contributed by atoms with Gasteiger partial charge in [-0.3, -0.25) is 4.79 Å². The number of carbonyl (C=O) groups is 1. The molecule has 1 unspecified atom stereocenters. The number of esters is 1. The van der Waals surface area contributed by atoms with Gasteiger partial charge < -0.3 is 14.9 Å². The summed E-state index contributed by atoms with van der Waals surface area (Å²) in [6, 6.07) is 14.0. The van der Waals surface area contributed by atoms with Gasteiger partial charge in [-0.15, -0.1) is 0 Å². The highest BCUT2D eigenvalue weighted by Crippen LogP contribution is 2.39. The van der Waals surface area contributed by atoms with Crippen molar-refractivity contribution in [3.63, 3.8) is 0 Å². The number of alkyl halides is 1. The fourth-order valence-corrected chi connectivity index (χ4v) is 3.80. The van der Waals surface area contributed by atoms with Crippen LogP contribution in [0.15, 0.2) is 48.5 Å². The number of hydrogen-bond acceptors (Lipinski definition) is 4. The summed E-state index contributed by atoms with van der Waals surface area (Å²) in [5.74, 6) is 0.160. The molecule has 0 saturated heterocycles. The molecule has 5 heteroatoms. The van der Waals surface area contributed by atoms with E-state index in [-0.39, 0.29) is 21.4 Å². The molecule has 0 spiro atoms. The first kappa shape index (κ1) is 18.6. The number of phenolic OH excluding ortho intramolecular Hbond substituents is 2. The molecule has 2 aromatic rings. The maximum absolute atomic E-state index is 12.1. The maximum atomic E-state index is 12.1. The average molecular weight is 440 g/mol. The van der Waals surface area contributed by atoms with Crippen molar-refractivity contribution in [3.8, 4) is 11.5 Å². The number of phenols is 2. The summed E-state index contributed by atoms with van der Waals surface area (Å²) in [6.07, 6.45) is 0.544. The van der Waals surface area contributed by atoms with E-state index < -0.39 is 5.41 Å². The highest BCUT2D eigenvalue weighted by Gasteiger charge is 2.34. The fraction of sp³-hybridized carbons (Fsp3) is 0.316. The van der Waals surface area contributed by atoms with E-state index in [1.807, 2.05) is 24.3 Å². The number of rotatable bonds is 6. The molecule has 0 bridgehead atoms. The summed E-state index contributed by atoms with van der Waals surface area (Å²) in [4.78, 5) is 12.1. The number of halogens is 1. The number of carbonyl (C=O) groups excluding carboxylic acids is 1. The molecule has 2 N–H and O–H groups in total. The van der Waals surface area contributed by atoms with Crippen LogP contribution in [0, 0.1) is 0 Å². The van der Waals surface area contributed by atoms with Gasteiger partial charge in [-0.2, -0.15) is 0 Å². The molecule has 0 aliphatic heterocycles. The second-order valence-corrected chi connectivity index (χ2v) is 7.35. The third-order valence-corrected chi connectivity index (χ3v) is 5.09. The highest BCUT2D eigenvalue weighted by atomic mass is 127. The first-order valence-electron chi connectivity index (χ1n) is 7.76. The summed E-state index contributed by atoms with van der Waals surface area (Å²) in [5.41, 5.74) is 1.51. The Morgan fingerprint density at radius 2 is 1.46 bits per heavy atom. The Morgan fingerprint density at radius 1 is 1.04 bits per heavy atom. The van der Waals surface area contributed by atoms with Crippen LogP contribution >= 0.6 is 22.6 Å². The van der Waals surface area contributed by atoms with Crippen LogP contribution in [0.25, 0.3) is 0 Å². The standard InChI is InChI=1S/C19H21IO4/c1-3-24-18(23)17(20)12-19(2,13-4-8-15(21)9-5-13)14-6-10-16(22)11-7-14/h4-11,17,21-22H,3,12H2,1-2H3. The molecule has 2 aromatic carbocycles. The van der Waals surface area contributed by atoms with Crippen molar-refractivity contribution in [1.82, 2.24) is 0 Å². The van der Waals surface area contributed by atoms with E-state index in [4.69, 9.17) is 4.74 Å². The number of aromatic hydroxyl groups is 2. The summed E-state index contributed by atoms with van der Waals surface area (Å²) < 4.78 is 4.82. The van der Waals surface area contributed by atoms with Gasteiger partial charge in [0.05, 0.1) is 6.61 Å². The Morgan fingerprint density at radius 3 is 1.83 bits per heavy atom. The number of benzene rings is 2. The van der Waals surface area contributed by atoms with E-state index in [2.05, 4.69) is 29.5 Å². The van der Waals surface area contributed by atoms with Crippen LogP contribution in [-0.4, -0.2) is 26.7 Å². The SMILES string of the molecule is CCOC(=O)C(I)CC(C)(c1ccc(O)cc1)c1ccc(O)cc1. The molecule has 0 fully saturated rings. The third-order valence-electron chi connectivity index (χ3n) is 4.14. The Kier molecular flexibility index (Phi) is 6.10. The Hall–Kier alpha value is -1.76. The molecule has 0 heterocycles. The molecule has 2 rings (SSSR count). The third kappa shape index (κ3) is 4.20. The molecule has 128 valence electrons. The summed E-state index contributed by atoms with van der Waals surface area (Å²) in [5, 5.41) is 19.1. The quantitative estimate of drug-likeness (QED) is 0.402. The molecule has 0 aliphatic rings. The van der Waals surface area contributed by atoms with Gasteiger partial charge in [0, 0.05) is 5.41 Å². The van der Waals surface area contributed by atoms with E-state index >= 15 is 0 Å². The van der Waals surface area contributed by atoms with Crippen LogP contribution in [0.5, 0.6) is 11.5 Å². The van der Waals surface area contributed by atoms with Crippen molar-refractivity contribution < 1.29 is 19.7 Å². The van der Waals surface area contributed by atoms with Crippen molar-refractivity contribution in [2.75, 3.05) is 6.61 Å². The molecular formula is C19H21IO4.